The van der Waals surface area contributed by atoms with Gasteiger partial charge in [0.25, 0.3) is 0 Å². The van der Waals surface area contributed by atoms with E-state index in [-0.39, 0.29) is 17.3 Å². The Morgan fingerprint density at radius 1 is 0.419 bits per heavy atom. The number of hydrogen-bond donors (Lipinski definition) is 2. The van der Waals surface area contributed by atoms with E-state index in [4.69, 9.17) is 21.3 Å². The van der Waals surface area contributed by atoms with Crippen LogP contribution in [-0.4, -0.2) is 15.0 Å². The van der Waals surface area contributed by atoms with Gasteiger partial charge in [0.1, 0.15) is 0 Å². The van der Waals surface area contributed by atoms with Crippen molar-refractivity contribution in [3.63, 3.8) is 0 Å². The third kappa shape index (κ3) is 18.4. The molecule has 0 aromatic carbocycles. The van der Waals surface area contributed by atoms with Gasteiger partial charge in [0, 0.05) is 11.4 Å². The smallest absolute Gasteiger partial charge is 0.340 e. The summed E-state index contributed by atoms with van der Waals surface area (Å²) in [5.74, 6) is 0. The van der Waals surface area contributed by atoms with Gasteiger partial charge in [0.05, 0.1) is 0 Å². The molecule has 0 saturated carbocycles. The van der Waals surface area contributed by atoms with Gasteiger partial charge < -0.3 is 9.68 Å². The average Bonchev–Trinajstić information content (AvgIpc) is 3.00. The lowest BCUT2D eigenvalue weighted by Gasteiger charge is -2.13. The lowest BCUT2D eigenvalue weighted by atomic mass is 10.0. The maximum atomic E-state index is 6.24. The molecule has 2 aliphatic carbocycles. The Morgan fingerprint density at radius 3 is 1.07 bits per heavy atom. The van der Waals surface area contributed by atoms with E-state index in [1.165, 1.54) is 141 Å². The number of nitrogens with one attached hydrogen (secondary N) is 2. The number of allylic oxidation sites excluding steroid dienone is 4. The zero-order valence-corrected chi connectivity index (χ0v) is 27.7. The minimum atomic E-state index is 0.0440. The van der Waals surface area contributed by atoms with Crippen molar-refractivity contribution in [3.8, 4) is 12.0 Å². The van der Waals surface area contributed by atoms with Gasteiger partial charge in [-0.1, -0.05) is 141 Å². The maximum absolute atomic E-state index is 6.24. The van der Waals surface area contributed by atoms with Crippen LogP contribution in [0.3, 0.4) is 0 Å². The standard InChI is InChI=1S/C35H60ClN5O2/c36-33-37-34(42-40-31-27-23-19-15-11-7-3-1-4-8-12-16-20-24-28-31)39-35(38-33)43-41-32-29-25-21-17-13-9-5-2-6-10-14-18-22-26-30-32/h27,29,40-41H,1-26,28,30H2. The van der Waals surface area contributed by atoms with E-state index in [2.05, 4.69) is 38.1 Å². The SMILES string of the molecule is Clc1nc(ONC2=CCCCCCCCCCCCCCC2)nc(ONC2=CCCCCCCCCCCCCCC2)n1. The molecule has 0 bridgehead atoms. The van der Waals surface area contributed by atoms with E-state index >= 15 is 0 Å². The van der Waals surface area contributed by atoms with Crippen molar-refractivity contribution in [1.29, 1.82) is 0 Å². The summed E-state index contributed by atoms with van der Waals surface area (Å²) in [6.07, 6.45) is 40.2. The van der Waals surface area contributed by atoms with E-state index in [1.54, 1.807) is 0 Å². The van der Waals surface area contributed by atoms with Crippen molar-refractivity contribution in [1.82, 2.24) is 25.9 Å². The van der Waals surface area contributed by atoms with Gasteiger partial charge in [0.15, 0.2) is 0 Å². The van der Waals surface area contributed by atoms with Crippen molar-refractivity contribution in [2.24, 2.45) is 0 Å². The van der Waals surface area contributed by atoms with Gasteiger partial charge in [-0.2, -0.15) is 9.97 Å². The second kappa shape index (κ2) is 24.3. The van der Waals surface area contributed by atoms with E-state index < -0.39 is 0 Å². The van der Waals surface area contributed by atoms with Gasteiger partial charge in [-0.25, -0.2) is 11.0 Å². The summed E-state index contributed by atoms with van der Waals surface area (Å²) in [7, 11) is 0. The number of hydroxylamine groups is 2. The molecule has 1 aromatic heterocycles. The van der Waals surface area contributed by atoms with Crippen LogP contribution in [0, 0.1) is 0 Å². The second-order valence-corrected chi connectivity index (χ2v) is 12.9. The maximum Gasteiger partial charge on any atom is 0.350 e. The fourth-order valence-corrected chi connectivity index (χ4v) is 6.17. The molecule has 0 atom stereocenters. The first-order chi connectivity index (χ1) is 21.3. The lowest BCUT2D eigenvalue weighted by Crippen LogP contribution is -2.22. The molecule has 7 nitrogen and oxygen atoms in total. The predicted molar refractivity (Wildman–Crippen MR) is 178 cm³/mol. The first kappa shape index (κ1) is 35.5. The molecule has 0 spiro atoms. The summed E-state index contributed by atoms with van der Waals surface area (Å²) in [6.45, 7) is 0. The Morgan fingerprint density at radius 2 is 0.721 bits per heavy atom. The summed E-state index contributed by atoms with van der Waals surface area (Å²) in [5.41, 5.74) is 8.41. The van der Waals surface area contributed by atoms with Gasteiger partial charge in [0.2, 0.25) is 5.28 Å². The van der Waals surface area contributed by atoms with Crippen LogP contribution in [0.4, 0.5) is 0 Å². The lowest BCUT2D eigenvalue weighted by molar-refractivity contribution is 0.178. The third-order valence-electron chi connectivity index (χ3n) is 8.70. The van der Waals surface area contributed by atoms with Crippen molar-refractivity contribution in [2.75, 3.05) is 0 Å². The Hall–Kier alpha value is -2.02. The molecule has 0 aliphatic heterocycles. The molecule has 0 amide bonds. The van der Waals surface area contributed by atoms with Gasteiger partial charge in [-0.3, -0.25) is 0 Å². The second-order valence-electron chi connectivity index (χ2n) is 12.6. The first-order valence-electron chi connectivity index (χ1n) is 17.9. The Labute approximate surface area is 267 Å². The molecule has 0 radical (unpaired) electrons. The highest BCUT2D eigenvalue weighted by Gasteiger charge is 2.10. The molecule has 3 rings (SSSR count). The van der Waals surface area contributed by atoms with Crippen molar-refractivity contribution >= 4 is 11.6 Å². The fourth-order valence-electron chi connectivity index (χ4n) is 6.03. The highest BCUT2D eigenvalue weighted by molar-refractivity contribution is 6.28. The number of hydrogen-bond acceptors (Lipinski definition) is 7. The van der Waals surface area contributed by atoms with Crippen LogP contribution in [-0.2, 0) is 0 Å². The van der Waals surface area contributed by atoms with Crippen molar-refractivity contribution in [2.45, 2.75) is 180 Å². The molecule has 0 unspecified atom stereocenters. The molecule has 2 aliphatic rings. The average molecular weight is 618 g/mol. The molecule has 244 valence electrons. The number of rotatable bonds is 6. The van der Waals surface area contributed by atoms with Gasteiger partial charge in [-0.05, 0) is 63.0 Å². The minimum Gasteiger partial charge on any atom is -0.340 e. The van der Waals surface area contributed by atoms with Crippen LogP contribution in [0.1, 0.15) is 180 Å². The summed E-state index contributed by atoms with van der Waals surface area (Å²) in [5, 5.41) is 0.0440. The molecular formula is C35H60ClN5O2. The molecule has 2 N–H and O–H groups in total. The van der Waals surface area contributed by atoms with Crippen LogP contribution < -0.4 is 20.6 Å². The highest BCUT2D eigenvalue weighted by atomic mass is 35.5. The third-order valence-corrected chi connectivity index (χ3v) is 8.86. The number of nitrogens with zero attached hydrogens (tertiary/aromatic N) is 3. The van der Waals surface area contributed by atoms with Crippen molar-refractivity contribution < 1.29 is 9.68 Å². The zero-order chi connectivity index (χ0) is 30.0. The normalized spacial score (nSPS) is 20.7. The van der Waals surface area contributed by atoms with E-state index in [1.807, 2.05) is 0 Å². The summed E-state index contributed by atoms with van der Waals surface area (Å²) in [6, 6.07) is 0.216. The highest BCUT2D eigenvalue weighted by Crippen LogP contribution is 2.19. The van der Waals surface area contributed by atoms with Gasteiger partial charge >= 0.3 is 12.0 Å². The van der Waals surface area contributed by atoms with Crippen LogP contribution in [0.5, 0.6) is 12.0 Å². The fraction of sp³-hybridized carbons (Fsp3) is 0.800. The van der Waals surface area contributed by atoms with Crippen LogP contribution in [0.15, 0.2) is 23.5 Å². The monoisotopic (exact) mass is 617 g/mol. The molecule has 1 aromatic rings. The van der Waals surface area contributed by atoms with E-state index in [0.29, 0.717) is 0 Å². The van der Waals surface area contributed by atoms with Crippen LogP contribution >= 0.6 is 11.6 Å². The Bertz CT molecular complexity index is 842. The molecule has 1 heterocycles. The van der Waals surface area contributed by atoms with Crippen LogP contribution in [0.2, 0.25) is 5.28 Å². The first-order valence-corrected chi connectivity index (χ1v) is 18.3. The summed E-state index contributed by atoms with van der Waals surface area (Å²) < 4.78 is 0. The van der Waals surface area contributed by atoms with Crippen molar-refractivity contribution in [3.05, 3.63) is 28.8 Å². The Kier molecular flexibility index (Phi) is 20.1. The quantitative estimate of drug-likeness (QED) is 0.307. The molecule has 43 heavy (non-hydrogen) atoms. The summed E-state index contributed by atoms with van der Waals surface area (Å²) in [4.78, 5) is 24.3. The zero-order valence-electron chi connectivity index (χ0n) is 27.0. The van der Waals surface area contributed by atoms with Gasteiger partial charge in [-0.15, -0.1) is 4.98 Å². The van der Waals surface area contributed by atoms with Crippen LogP contribution in [0.25, 0.3) is 0 Å². The largest absolute Gasteiger partial charge is 0.350 e. The predicted octanol–water partition coefficient (Wildman–Crippen LogP) is 11.0. The summed E-state index contributed by atoms with van der Waals surface area (Å²) >= 11 is 6.24. The minimum absolute atomic E-state index is 0.0440. The molecule has 8 heteroatoms. The number of aromatic nitrogens is 3. The molecule has 0 fully saturated rings. The van der Waals surface area contributed by atoms with E-state index in [9.17, 15) is 0 Å². The number of halogens is 1. The molecule has 0 saturated heterocycles. The molecular weight excluding hydrogens is 558 g/mol. The Balaban J connectivity index is 1.51. The van der Waals surface area contributed by atoms with E-state index in [0.717, 1.165) is 49.9 Å². The topological polar surface area (TPSA) is 81.2 Å².